The van der Waals surface area contributed by atoms with Gasteiger partial charge in [-0.25, -0.2) is 9.78 Å². The fourth-order valence-corrected chi connectivity index (χ4v) is 2.89. The van der Waals surface area contributed by atoms with Gasteiger partial charge < -0.3 is 9.84 Å². The maximum absolute atomic E-state index is 10.9. The van der Waals surface area contributed by atoms with E-state index in [1.807, 2.05) is 6.08 Å². The van der Waals surface area contributed by atoms with Crippen LogP contribution in [0.3, 0.4) is 0 Å². The molecule has 0 radical (unpaired) electrons. The first kappa shape index (κ1) is 12.2. The van der Waals surface area contributed by atoms with Crippen molar-refractivity contribution in [2.75, 3.05) is 7.11 Å². The zero-order chi connectivity index (χ0) is 13.5. The lowest BCUT2D eigenvalue weighted by Crippen LogP contribution is -2.22. The average Bonchev–Trinajstić information content (AvgIpc) is 3.15. The first-order chi connectivity index (χ1) is 9.12. The Balaban J connectivity index is 1.76. The minimum atomic E-state index is -1.02. The van der Waals surface area contributed by atoms with Crippen LogP contribution in [0.4, 0.5) is 0 Å². The molecule has 0 amide bonds. The summed E-state index contributed by atoms with van der Waals surface area (Å²) in [5.41, 5.74) is 1.52. The van der Waals surface area contributed by atoms with E-state index in [0.717, 1.165) is 5.56 Å². The quantitative estimate of drug-likeness (QED) is 0.903. The van der Waals surface area contributed by atoms with Gasteiger partial charge >= 0.3 is 5.97 Å². The Hall–Kier alpha value is -1.84. The smallest absolute Gasteiger partial charge is 0.354 e. The third kappa shape index (κ3) is 2.35. The third-order valence-corrected chi connectivity index (χ3v) is 4.23. The first-order valence-corrected chi connectivity index (χ1v) is 6.57. The van der Waals surface area contributed by atoms with E-state index in [9.17, 15) is 4.79 Å². The summed E-state index contributed by atoms with van der Waals surface area (Å²) in [6.07, 6.45) is 10.9. The monoisotopic (exact) mass is 259 g/mol. The molecule has 3 rings (SSSR count). The Kier molecular flexibility index (Phi) is 2.81. The van der Waals surface area contributed by atoms with Crippen molar-refractivity contribution in [1.29, 1.82) is 0 Å². The molecule has 2 aliphatic carbocycles. The van der Waals surface area contributed by atoms with Crippen molar-refractivity contribution < 1.29 is 14.6 Å². The van der Waals surface area contributed by atoms with Gasteiger partial charge in [-0.05, 0) is 43.1 Å². The van der Waals surface area contributed by atoms with Crippen LogP contribution < -0.4 is 4.74 Å². The van der Waals surface area contributed by atoms with Crippen molar-refractivity contribution in [2.45, 2.75) is 25.7 Å². The molecular weight excluding hydrogens is 242 g/mol. The normalized spacial score (nSPS) is 20.5. The van der Waals surface area contributed by atoms with Gasteiger partial charge in [0.25, 0.3) is 0 Å². The van der Waals surface area contributed by atoms with Crippen LogP contribution in [0.15, 0.2) is 18.3 Å². The molecule has 19 heavy (non-hydrogen) atoms. The topological polar surface area (TPSA) is 59.4 Å². The summed E-state index contributed by atoms with van der Waals surface area (Å²) in [4.78, 5) is 14.8. The fourth-order valence-electron chi connectivity index (χ4n) is 2.89. The van der Waals surface area contributed by atoms with E-state index in [1.165, 1.54) is 31.9 Å². The predicted octanol–water partition coefficient (Wildman–Crippen LogP) is 2.99. The zero-order valence-corrected chi connectivity index (χ0v) is 10.9. The Labute approximate surface area is 112 Å². The van der Waals surface area contributed by atoms with Crippen molar-refractivity contribution in [1.82, 2.24) is 4.98 Å². The van der Waals surface area contributed by atoms with E-state index in [-0.39, 0.29) is 5.69 Å². The molecule has 1 aromatic heterocycles. The van der Waals surface area contributed by atoms with E-state index in [1.54, 1.807) is 13.2 Å². The van der Waals surface area contributed by atoms with Crippen molar-refractivity contribution in [3.8, 4) is 5.75 Å². The molecule has 2 aliphatic rings. The standard InChI is InChI=1S/C15H17NO3/c1-19-13-9-16-12(14(17)18)6-11(13)3-2-10-7-15(8-10)4-5-15/h2-3,6,9-10H,4-5,7-8H2,1H3,(H,17,18). The van der Waals surface area contributed by atoms with Gasteiger partial charge in [0.15, 0.2) is 0 Å². The summed E-state index contributed by atoms with van der Waals surface area (Å²) in [5, 5.41) is 8.96. The zero-order valence-electron chi connectivity index (χ0n) is 10.9. The van der Waals surface area contributed by atoms with Gasteiger partial charge in [-0.2, -0.15) is 0 Å². The predicted molar refractivity (Wildman–Crippen MR) is 71.2 cm³/mol. The van der Waals surface area contributed by atoms with Gasteiger partial charge in [-0.3, -0.25) is 0 Å². The summed E-state index contributed by atoms with van der Waals surface area (Å²) < 4.78 is 5.21. The van der Waals surface area contributed by atoms with Crippen LogP contribution in [-0.2, 0) is 0 Å². The first-order valence-electron chi connectivity index (χ1n) is 6.57. The molecule has 1 spiro atoms. The highest BCUT2D eigenvalue weighted by atomic mass is 16.5. The van der Waals surface area contributed by atoms with Crippen LogP contribution in [0.25, 0.3) is 6.08 Å². The number of carboxylic acid groups (broad SMARTS) is 1. The van der Waals surface area contributed by atoms with E-state index in [2.05, 4.69) is 11.1 Å². The molecule has 1 N–H and O–H groups in total. The van der Waals surface area contributed by atoms with Crippen molar-refractivity contribution in [2.24, 2.45) is 11.3 Å². The van der Waals surface area contributed by atoms with E-state index < -0.39 is 5.97 Å². The van der Waals surface area contributed by atoms with Gasteiger partial charge in [-0.1, -0.05) is 12.2 Å². The average molecular weight is 259 g/mol. The number of pyridine rings is 1. The van der Waals surface area contributed by atoms with Gasteiger partial charge in [0.05, 0.1) is 13.3 Å². The summed E-state index contributed by atoms with van der Waals surface area (Å²) in [6.45, 7) is 0. The van der Waals surface area contributed by atoms with Crippen molar-refractivity contribution in [3.05, 3.63) is 29.6 Å². The lowest BCUT2D eigenvalue weighted by Gasteiger charge is -2.33. The Morgan fingerprint density at radius 3 is 2.84 bits per heavy atom. The number of hydrogen-bond acceptors (Lipinski definition) is 3. The second kappa shape index (κ2) is 4.37. The number of hydrogen-bond donors (Lipinski definition) is 1. The maximum Gasteiger partial charge on any atom is 0.354 e. The minimum absolute atomic E-state index is 0.0488. The van der Waals surface area contributed by atoms with Gasteiger partial charge in [0.1, 0.15) is 11.4 Å². The lowest BCUT2D eigenvalue weighted by molar-refractivity contribution is 0.0690. The molecule has 1 heterocycles. The molecule has 0 bridgehead atoms. The summed E-state index contributed by atoms with van der Waals surface area (Å²) >= 11 is 0. The molecule has 2 fully saturated rings. The Morgan fingerprint density at radius 2 is 2.26 bits per heavy atom. The SMILES string of the molecule is COc1cnc(C(=O)O)cc1C=CC1CC2(CC2)C1. The second-order valence-electron chi connectivity index (χ2n) is 5.64. The highest BCUT2D eigenvalue weighted by molar-refractivity contribution is 5.86. The van der Waals surface area contributed by atoms with Gasteiger partial charge in [0.2, 0.25) is 0 Å². The molecule has 100 valence electrons. The van der Waals surface area contributed by atoms with Crippen LogP contribution in [0.1, 0.15) is 41.7 Å². The van der Waals surface area contributed by atoms with Gasteiger partial charge in [0, 0.05) is 5.56 Å². The summed E-state index contributed by atoms with van der Waals surface area (Å²) in [6, 6.07) is 1.56. The number of carbonyl (C=O) groups is 1. The molecule has 0 atom stereocenters. The number of allylic oxidation sites excluding steroid dienone is 1. The highest BCUT2D eigenvalue weighted by Gasteiger charge is 2.51. The van der Waals surface area contributed by atoms with Crippen LogP contribution in [0.5, 0.6) is 5.75 Å². The molecule has 4 heteroatoms. The molecule has 0 aromatic carbocycles. The molecular formula is C15H17NO3. The largest absolute Gasteiger partial charge is 0.495 e. The summed E-state index contributed by atoms with van der Waals surface area (Å²) in [7, 11) is 1.57. The fraction of sp³-hybridized carbons (Fsp3) is 0.467. The number of nitrogens with zero attached hydrogens (tertiary/aromatic N) is 1. The van der Waals surface area contributed by atoms with E-state index >= 15 is 0 Å². The molecule has 2 saturated carbocycles. The number of aromatic carboxylic acids is 1. The number of aromatic nitrogens is 1. The molecule has 1 aromatic rings. The minimum Gasteiger partial charge on any atom is -0.495 e. The van der Waals surface area contributed by atoms with Crippen LogP contribution in [0.2, 0.25) is 0 Å². The third-order valence-electron chi connectivity index (χ3n) is 4.23. The lowest BCUT2D eigenvalue weighted by atomic mass is 9.72. The number of methoxy groups -OCH3 is 1. The number of rotatable bonds is 4. The van der Waals surface area contributed by atoms with E-state index in [4.69, 9.17) is 9.84 Å². The van der Waals surface area contributed by atoms with E-state index in [0.29, 0.717) is 17.1 Å². The van der Waals surface area contributed by atoms with Crippen LogP contribution >= 0.6 is 0 Å². The summed E-state index contributed by atoms with van der Waals surface area (Å²) in [5.74, 6) is 0.230. The molecule has 0 saturated heterocycles. The second-order valence-corrected chi connectivity index (χ2v) is 5.64. The van der Waals surface area contributed by atoms with Crippen molar-refractivity contribution >= 4 is 12.0 Å². The maximum atomic E-state index is 10.9. The molecule has 4 nitrogen and oxygen atoms in total. The Morgan fingerprint density at radius 1 is 1.53 bits per heavy atom. The van der Waals surface area contributed by atoms with Gasteiger partial charge in [-0.15, -0.1) is 0 Å². The van der Waals surface area contributed by atoms with Crippen molar-refractivity contribution in [3.63, 3.8) is 0 Å². The molecule has 0 unspecified atom stereocenters. The van der Waals surface area contributed by atoms with Crippen LogP contribution in [0, 0.1) is 11.3 Å². The highest BCUT2D eigenvalue weighted by Crippen LogP contribution is 2.63. The Bertz CT molecular complexity index is 538. The van der Waals surface area contributed by atoms with Crippen LogP contribution in [-0.4, -0.2) is 23.2 Å². The molecule has 0 aliphatic heterocycles. The number of carboxylic acids is 1. The number of ether oxygens (including phenoxy) is 1.